The highest BCUT2D eigenvalue weighted by Gasteiger charge is 2.20. The van der Waals surface area contributed by atoms with Gasteiger partial charge in [0.1, 0.15) is 11.6 Å². The summed E-state index contributed by atoms with van der Waals surface area (Å²) in [6, 6.07) is 18.9. The predicted molar refractivity (Wildman–Crippen MR) is 131 cm³/mol. The van der Waals surface area contributed by atoms with Crippen LogP contribution in [-0.2, 0) is 4.79 Å². The topological polar surface area (TPSA) is 88.9 Å². The fourth-order valence-electron chi connectivity index (χ4n) is 3.35. The molecule has 0 saturated carbocycles. The standard InChI is InChI=1S/C25H21F2N5O2S/c1-2-28-24(34)17-9-6-10-19(13-17)29-22(33)15-35-25-31-30-23(16-7-4-3-5-8-16)32(25)21-12-11-18(26)14-20(21)27/h3-14H,2,15H2,1H3,(H,28,34)(H,29,33). The zero-order valence-corrected chi connectivity index (χ0v) is 19.5. The van der Waals surface area contributed by atoms with Gasteiger partial charge >= 0.3 is 0 Å². The van der Waals surface area contributed by atoms with Crippen molar-refractivity contribution in [2.75, 3.05) is 17.6 Å². The van der Waals surface area contributed by atoms with Gasteiger partial charge in [-0.3, -0.25) is 14.2 Å². The summed E-state index contributed by atoms with van der Waals surface area (Å²) >= 11 is 1.05. The van der Waals surface area contributed by atoms with Crippen LogP contribution in [0.2, 0.25) is 0 Å². The van der Waals surface area contributed by atoms with Crippen LogP contribution in [-0.4, -0.2) is 38.9 Å². The van der Waals surface area contributed by atoms with E-state index in [4.69, 9.17) is 0 Å². The van der Waals surface area contributed by atoms with Crippen LogP contribution < -0.4 is 10.6 Å². The second-order valence-electron chi connectivity index (χ2n) is 7.38. The summed E-state index contributed by atoms with van der Waals surface area (Å²) in [6.45, 7) is 2.31. The molecule has 0 saturated heterocycles. The molecule has 0 spiro atoms. The van der Waals surface area contributed by atoms with E-state index in [2.05, 4.69) is 20.8 Å². The summed E-state index contributed by atoms with van der Waals surface area (Å²) in [5.41, 5.74) is 1.64. The molecule has 35 heavy (non-hydrogen) atoms. The average Bonchev–Trinajstić information content (AvgIpc) is 3.27. The van der Waals surface area contributed by atoms with Gasteiger partial charge in [-0.1, -0.05) is 48.2 Å². The molecule has 4 rings (SSSR count). The van der Waals surface area contributed by atoms with Crippen molar-refractivity contribution in [3.05, 3.63) is 90.0 Å². The van der Waals surface area contributed by atoms with Gasteiger partial charge in [-0.15, -0.1) is 10.2 Å². The van der Waals surface area contributed by atoms with E-state index in [1.54, 1.807) is 36.4 Å². The Morgan fingerprint density at radius 2 is 1.77 bits per heavy atom. The molecule has 0 unspecified atom stereocenters. The van der Waals surface area contributed by atoms with E-state index in [0.717, 1.165) is 23.9 Å². The summed E-state index contributed by atoms with van der Waals surface area (Å²) in [5, 5.41) is 14.1. The smallest absolute Gasteiger partial charge is 0.251 e. The summed E-state index contributed by atoms with van der Waals surface area (Å²) in [5.74, 6) is -1.77. The fraction of sp³-hybridized carbons (Fsp3) is 0.120. The fourth-order valence-corrected chi connectivity index (χ4v) is 4.09. The number of hydrogen-bond acceptors (Lipinski definition) is 5. The minimum Gasteiger partial charge on any atom is -0.352 e. The zero-order valence-electron chi connectivity index (χ0n) is 18.7. The summed E-state index contributed by atoms with van der Waals surface area (Å²) in [7, 11) is 0. The lowest BCUT2D eigenvalue weighted by Gasteiger charge is -2.12. The molecule has 0 aliphatic rings. The third-order valence-electron chi connectivity index (χ3n) is 4.89. The molecule has 1 heterocycles. The first kappa shape index (κ1) is 24.1. The van der Waals surface area contributed by atoms with Crippen LogP contribution in [0.5, 0.6) is 0 Å². The Bertz CT molecular complexity index is 1360. The highest BCUT2D eigenvalue weighted by atomic mass is 32.2. The van der Waals surface area contributed by atoms with Gasteiger partial charge in [-0.25, -0.2) is 8.78 Å². The first-order valence-corrected chi connectivity index (χ1v) is 11.7. The molecule has 0 bridgehead atoms. The summed E-state index contributed by atoms with van der Waals surface area (Å²) in [6.07, 6.45) is 0. The number of nitrogens with zero attached hydrogens (tertiary/aromatic N) is 3. The van der Waals surface area contributed by atoms with Crippen molar-refractivity contribution in [2.24, 2.45) is 0 Å². The minimum atomic E-state index is -0.782. The van der Waals surface area contributed by atoms with E-state index in [1.807, 2.05) is 25.1 Å². The number of halogens is 2. The van der Waals surface area contributed by atoms with Crippen LogP contribution in [0, 0.1) is 11.6 Å². The summed E-state index contributed by atoms with van der Waals surface area (Å²) < 4.78 is 29.7. The highest BCUT2D eigenvalue weighted by Crippen LogP contribution is 2.29. The number of rotatable bonds is 8. The number of anilines is 1. The molecule has 0 radical (unpaired) electrons. The number of aromatic nitrogens is 3. The Morgan fingerprint density at radius 1 is 0.971 bits per heavy atom. The van der Waals surface area contributed by atoms with E-state index in [-0.39, 0.29) is 28.4 Å². The predicted octanol–water partition coefficient (Wildman–Crippen LogP) is 4.69. The van der Waals surface area contributed by atoms with Crippen molar-refractivity contribution in [1.82, 2.24) is 20.1 Å². The van der Waals surface area contributed by atoms with Gasteiger partial charge in [-0.2, -0.15) is 0 Å². The van der Waals surface area contributed by atoms with Crippen molar-refractivity contribution < 1.29 is 18.4 Å². The van der Waals surface area contributed by atoms with Crippen LogP contribution >= 0.6 is 11.8 Å². The summed E-state index contributed by atoms with van der Waals surface area (Å²) in [4.78, 5) is 24.6. The molecule has 1 aromatic heterocycles. The van der Waals surface area contributed by atoms with E-state index in [9.17, 15) is 18.4 Å². The monoisotopic (exact) mass is 493 g/mol. The van der Waals surface area contributed by atoms with Gasteiger partial charge in [0, 0.05) is 29.4 Å². The molecule has 4 aromatic rings. The molecule has 0 atom stereocenters. The lowest BCUT2D eigenvalue weighted by molar-refractivity contribution is -0.113. The van der Waals surface area contributed by atoms with Crippen molar-refractivity contribution in [3.63, 3.8) is 0 Å². The van der Waals surface area contributed by atoms with Crippen molar-refractivity contribution in [2.45, 2.75) is 12.1 Å². The molecule has 0 aliphatic heterocycles. The Balaban J connectivity index is 1.56. The zero-order chi connectivity index (χ0) is 24.8. The van der Waals surface area contributed by atoms with Crippen molar-refractivity contribution >= 4 is 29.3 Å². The molecule has 2 N–H and O–H groups in total. The lowest BCUT2D eigenvalue weighted by atomic mass is 10.2. The number of amides is 2. The van der Waals surface area contributed by atoms with E-state index in [0.29, 0.717) is 29.2 Å². The van der Waals surface area contributed by atoms with E-state index in [1.165, 1.54) is 10.6 Å². The molecule has 0 fully saturated rings. The molecule has 0 aliphatic carbocycles. The number of carbonyl (C=O) groups is 2. The van der Waals surface area contributed by atoms with Crippen LogP contribution in [0.25, 0.3) is 17.1 Å². The number of benzene rings is 3. The SMILES string of the molecule is CCNC(=O)c1cccc(NC(=O)CSc2nnc(-c3ccccc3)n2-c2ccc(F)cc2F)c1. The van der Waals surface area contributed by atoms with E-state index < -0.39 is 11.6 Å². The normalized spacial score (nSPS) is 10.7. The molecular formula is C25H21F2N5O2S. The second-order valence-corrected chi connectivity index (χ2v) is 8.32. The van der Waals surface area contributed by atoms with Gasteiger partial charge in [0.15, 0.2) is 11.0 Å². The van der Waals surface area contributed by atoms with Gasteiger partial charge in [0.05, 0.1) is 11.4 Å². The number of carbonyl (C=O) groups excluding carboxylic acids is 2. The lowest BCUT2D eigenvalue weighted by Crippen LogP contribution is -2.23. The highest BCUT2D eigenvalue weighted by molar-refractivity contribution is 7.99. The molecule has 10 heteroatoms. The largest absolute Gasteiger partial charge is 0.352 e. The maximum atomic E-state index is 14.7. The van der Waals surface area contributed by atoms with Crippen molar-refractivity contribution in [1.29, 1.82) is 0 Å². The van der Waals surface area contributed by atoms with Crippen LogP contribution in [0.4, 0.5) is 14.5 Å². The Hall–Kier alpha value is -4.05. The number of thioether (sulfide) groups is 1. The number of nitrogens with one attached hydrogen (secondary N) is 2. The Morgan fingerprint density at radius 3 is 2.51 bits per heavy atom. The van der Waals surface area contributed by atoms with Crippen LogP contribution in [0.15, 0.2) is 78.0 Å². The van der Waals surface area contributed by atoms with Crippen LogP contribution in [0.3, 0.4) is 0 Å². The van der Waals surface area contributed by atoms with E-state index >= 15 is 0 Å². The quantitative estimate of drug-likeness (QED) is 0.348. The Labute approximate surface area is 204 Å². The minimum absolute atomic E-state index is 0.0544. The second kappa shape index (κ2) is 10.9. The van der Waals surface area contributed by atoms with Gasteiger partial charge < -0.3 is 10.6 Å². The third-order valence-corrected chi connectivity index (χ3v) is 5.82. The third kappa shape index (κ3) is 5.72. The molecular weight excluding hydrogens is 472 g/mol. The molecule has 3 aromatic carbocycles. The first-order chi connectivity index (χ1) is 17.0. The number of hydrogen-bond donors (Lipinski definition) is 2. The molecule has 7 nitrogen and oxygen atoms in total. The molecule has 2 amide bonds. The molecule has 178 valence electrons. The Kier molecular flexibility index (Phi) is 7.51. The van der Waals surface area contributed by atoms with Gasteiger partial charge in [0.2, 0.25) is 5.91 Å². The van der Waals surface area contributed by atoms with Crippen LogP contribution in [0.1, 0.15) is 17.3 Å². The van der Waals surface area contributed by atoms with Gasteiger partial charge in [0.25, 0.3) is 5.91 Å². The van der Waals surface area contributed by atoms with Gasteiger partial charge in [-0.05, 0) is 37.3 Å². The maximum absolute atomic E-state index is 14.7. The maximum Gasteiger partial charge on any atom is 0.251 e. The van der Waals surface area contributed by atoms with Crippen molar-refractivity contribution in [3.8, 4) is 17.1 Å². The average molecular weight is 494 g/mol. The first-order valence-electron chi connectivity index (χ1n) is 10.7.